The minimum atomic E-state index is -0.451. The van der Waals surface area contributed by atoms with Crippen LogP contribution in [0.5, 0.6) is 23.0 Å². The van der Waals surface area contributed by atoms with E-state index >= 15 is 0 Å². The number of hydrogen-bond donors (Lipinski definition) is 2. The molecule has 2 amide bonds. The van der Waals surface area contributed by atoms with Gasteiger partial charge in [0, 0.05) is 10.4 Å². The van der Waals surface area contributed by atoms with Crippen molar-refractivity contribution >= 4 is 29.2 Å². The normalized spacial score (nSPS) is 11.9. The number of ether oxygens (including phenoxy) is 4. The number of amides is 2. The van der Waals surface area contributed by atoms with Crippen molar-refractivity contribution in [1.29, 1.82) is 0 Å². The van der Waals surface area contributed by atoms with E-state index in [4.69, 9.17) is 18.9 Å². The predicted molar refractivity (Wildman–Crippen MR) is 140 cm³/mol. The summed E-state index contributed by atoms with van der Waals surface area (Å²) in [5, 5.41) is 7.68. The molecular formula is C27H30N2O6S. The smallest absolute Gasteiger partial charge is 0.268 e. The Balaban J connectivity index is 1.87. The Kier molecular flexibility index (Phi) is 9.35. The molecule has 36 heavy (non-hydrogen) atoms. The van der Waals surface area contributed by atoms with E-state index in [9.17, 15) is 9.59 Å². The number of benzene rings is 2. The van der Waals surface area contributed by atoms with E-state index in [1.165, 1.54) is 25.6 Å². The Morgan fingerprint density at radius 3 is 2.11 bits per heavy atom. The molecule has 0 aliphatic heterocycles. The molecule has 0 saturated carbocycles. The van der Waals surface area contributed by atoms with E-state index in [0.29, 0.717) is 35.0 Å². The fraction of sp³-hybridized carbons (Fsp3) is 0.259. The van der Waals surface area contributed by atoms with Crippen LogP contribution in [0.4, 0.5) is 0 Å². The summed E-state index contributed by atoms with van der Waals surface area (Å²) in [6.45, 7) is 1.96. The molecule has 8 nitrogen and oxygen atoms in total. The lowest BCUT2D eigenvalue weighted by Crippen LogP contribution is -2.36. The molecule has 0 aliphatic rings. The lowest BCUT2D eigenvalue weighted by molar-refractivity contribution is -0.118. The van der Waals surface area contributed by atoms with Gasteiger partial charge in [0.15, 0.2) is 23.0 Å². The van der Waals surface area contributed by atoms with E-state index in [0.717, 1.165) is 10.4 Å². The maximum atomic E-state index is 13.4. The molecule has 2 aromatic carbocycles. The number of hydrogen-bond acceptors (Lipinski definition) is 7. The molecule has 1 atom stereocenters. The molecular weight excluding hydrogens is 480 g/mol. The van der Waals surface area contributed by atoms with Crippen LogP contribution in [0, 0.1) is 0 Å². The Hall–Kier alpha value is -3.98. The van der Waals surface area contributed by atoms with E-state index in [1.54, 1.807) is 44.6 Å². The number of methoxy groups -OCH3 is 4. The highest BCUT2D eigenvalue weighted by Crippen LogP contribution is 2.31. The molecule has 0 spiro atoms. The zero-order valence-electron chi connectivity index (χ0n) is 20.9. The second kappa shape index (κ2) is 12.6. The largest absolute Gasteiger partial charge is 0.493 e. The number of thiophene rings is 1. The van der Waals surface area contributed by atoms with Gasteiger partial charge in [0.2, 0.25) is 0 Å². The maximum absolute atomic E-state index is 13.4. The summed E-state index contributed by atoms with van der Waals surface area (Å²) in [7, 11) is 6.15. The third kappa shape index (κ3) is 6.37. The third-order valence-corrected chi connectivity index (χ3v) is 6.31. The molecule has 0 bridgehead atoms. The van der Waals surface area contributed by atoms with Gasteiger partial charge in [-0.25, -0.2) is 0 Å². The number of carbonyl (C=O) groups is 2. The Morgan fingerprint density at radius 2 is 1.53 bits per heavy atom. The van der Waals surface area contributed by atoms with Crippen molar-refractivity contribution in [3.05, 3.63) is 75.6 Å². The quantitative estimate of drug-likeness (QED) is 0.359. The van der Waals surface area contributed by atoms with Crippen LogP contribution in [-0.4, -0.2) is 40.3 Å². The van der Waals surface area contributed by atoms with Gasteiger partial charge in [0.1, 0.15) is 5.70 Å². The van der Waals surface area contributed by atoms with Crippen molar-refractivity contribution in [3.63, 3.8) is 0 Å². The van der Waals surface area contributed by atoms with Crippen LogP contribution >= 0.6 is 11.3 Å². The van der Waals surface area contributed by atoms with Crippen LogP contribution in [-0.2, 0) is 4.79 Å². The summed E-state index contributed by atoms with van der Waals surface area (Å²) < 4.78 is 21.3. The van der Waals surface area contributed by atoms with Crippen LogP contribution < -0.4 is 29.6 Å². The molecule has 0 aliphatic carbocycles. The van der Waals surface area contributed by atoms with Crippen LogP contribution in [0.25, 0.3) is 6.08 Å². The standard InChI is InChI=1S/C27H30N2O6S/c1-6-20(17-9-11-22(32-2)24(14-17)34-4)28-27(31)21(16-19-8-7-13-36-19)29-26(30)18-10-12-23(33-3)25(15-18)35-5/h7-16,20H,6H2,1-5H3,(H,28,31)(H,29,30)/b21-16-. The molecule has 1 heterocycles. The van der Waals surface area contributed by atoms with Crippen molar-refractivity contribution in [2.45, 2.75) is 19.4 Å². The second-order valence-electron chi connectivity index (χ2n) is 7.65. The first kappa shape index (κ1) is 26.6. The first-order valence-electron chi connectivity index (χ1n) is 11.2. The van der Waals surface area contributed by atoms with Crippen molar-refractivity contribution in [2.24, 2.45) is 0 Å². The summed E-state index contributed by atoms with van der Waals surface area (Å²) in [5.41, 5.74) is 1.30. The number of carbonyl (C=O) groups excluding carboxylic acids is 2. The number of nitrogens with one attached hydrogen (secondary N) is 2. The molecule has 2 N–H and O–H groups in total. The fourth-order valence-corrected chi connectivity index (χ4v) is 4.23. The zero-order valence-corrected chi connectivity index (χ0v) is 21.7. The van der Waals surface area contributed by atoms with Crippen LogP contribution in [0.3, 0.4) is 0 Å². The molecule has 3 rings (SSSR count). The van der Waals surface area contributed by atoms with Gasteiger partial charge in [-0.3, -0.25) is 9.59 Å². The summed E-state index contributed by atoms with van der Waals surface area (Å²) in [4.78, 5) is 27.3. The topological polar surface area (TPSA) is 95.1 Å². The SMILES string of the molecule is CCC(NC(=O)/C(=C/c1cccs1)NC(=O)c1ccc(OC)c(OC)c1)c1ccc(OC)c(OC)c1. The van der Waals surface area contributed by atoms with E-state index in [-0.39, 0.29) is 11.7 Å². The van der Waals surface area contributed by atoms with Gasteiger partial charge in [-0.1, -0.05) is 19.1 Å². The Bertz CT molecular complexity index is 1220. The van der Waals surface area contributed by atoms with Crippen LogP contribution in [0.1, 0.15) is 40.2 Å². The summed E-state index contributed by atoms with van der Waals surface area (Å²) in [5.74, 6) is 1.22. The molecule has 1 unspecified atom stereocenters. The highest BCUT2D eigenvalue weighted by atomic mass is 32.1. The molecule has 3 aromatic rings. The second-order valence-corrected chi connectivity index (χ2v) is 8.63. The third-order valence-electron chi connectivity index (χ3n) is 5.49. The van der Waals surface area contributed by atoms with E-state index in [2.05, 4.69) is 10.6 Å². The van der Waals surface area contributed by atoms with Crippen molar-refractivity contribution in [1.82, 2.24) is 10.6 Å². The molecule has 1 aromatic heterocycles. The number of rotatable bonds is 11. The van der Waals surface area contributed by atoms with Crippen molar-refractivity contribution in [2.75, 3.05) is 28.4 Å². The first-order valence-corrected chi connectivity index (χ1v) is 12.1. The Labute approximate surface area is 214 Å². The highest BCUT2D eigenvalue weighted by Gasteiger charge is 2.21. The summed E-state index contributed by atoms with van der Waals surface area (Å²) >= 11 is 1.46. The average Bonchev–Trinajstić information content (AvgIpc) is 3.43. The summed E-state index contributed by atoms with van der Waals surface area (Å²) in [6, 6.07) is 13.7. The van der Waals surface area contributed by atoms with Crippen LogP contribution in [0.2, 0.25) is 0 Å². The van der Waals surface area contributed by atoms with E-state index < -0.39 is 11.8 Å². The lowest BCUT2D eigenvalue weighted by atomic mass is 10.0. The molecule has 0 radical (unpaired) electrons. The fourth-order valence-electron chi connectivity index (χ4n) is 3.57. The van der Waals surface area contributed by atoms with E-state index in [1.807, 2.05) is 36.6 Å². The van der Waals surface area contributed by atoms with Gasteiger partial charge in [0.05, 0.1) is 34.5 Å². The maximum Gasteiger partial charge on any atom is 0.268 e. The molecule has 0 saturated heterocycles. The highest BCUT2D eigenvalue weighted by molar-refractivity contribution is 7.10. The van der Waals surface area contributed by atoms with Gasteiger partial charge >= 0.3 is 0 Å². The van der Waals surface area contributed by atoms with Gasteiger partial charge in [-0.05, 0) is 59.8 Å². The molecule has 9 heteroatoms. The monoisotopic (exact) mass is 510 g/mol. The zero-order chi connectivity index (χ0) is 26.1. The average molecular weight is 511 g/mol. The first-order chi connectivity index (χ1) is 17.4. The predicted octanol–water partition coefficient (Wildman–Crippen LogP) is 4.82. The van der Waals surface area contributed by atoms with Crippen molar-refractivity contribution < 1.29 is 28.5 Å². The minimum absolute atomic E-state index is 0.121. The van der Waals surface area contributed by atoms with Gasteiger partial charge in [0.25, 0.3) is 11.8 Å². The van der Waals surface area contributed by atoms with Crippen LogP contribution in [0.15, 0.2) is 59.6 Å². The van der Waals surface area contributed by atoms with Crippen molar-refractivity contribution in [3.8, 4) is 23.0 Å². The minimum Gasteiger partial charge on any atom is -0.493 e. The van der Waals surface area contributed by atoms with Gasteiger partial charge < -0.3 is 29.6 Å². The Morgan fingerprint density at radius 1 is 0.889 bits per heavy atom. The molecule has 190 valence electrons. The summed E-state index contributed by atoms with van der Waals surface area (Å²) in [6.07, 6.45) is 2.27. The molecule has 0 fully saturated rings. The van der Waals surface area contributed by atoms with Gasteiger partial charge in [-0.2, -0.15) is 0 Å². The lowest BCUT2D eigenvalue weighted by Gasteiger charge is -2.20. The van der Waals surface area contributed by atoms with Gasteiger partial charge in [-0.15, -0.1) is 11.3 Å².